The first kappa shape index (κ1) is 13.4. The van der Waals surface area contributed by atoms with Gasteiger partial charge >= 0.3 is 0 Å². The van der Waals surface area contributed by atoms with Gasteiger partial charge in [0.05, 0.1) is 6.61 Å². The molecule has 1 unspecified atom stereocenters. The van der Waals surface area contributed by atoms with Crippen molar-refractivity contribution in [2.24, 2.45) is 0 Å². The number of aliphatic hydroxyl groups excluding tert-OH is 1. The maximum Gasteiger partial charge on any atom is 0.217 e. The van der Waals surface area contributed by atoms with Crippen LogP contribution < -0.4 is 10.2 Å². The van der Waals surface area contributed by atoms with Crippen molar-refractivity contribution in [3.05, 3.63) is 28.2 Å². The van der Waals surface area contributed by atoms with E-state index >= 15 is 0 Å². The molecular formula is C13H17BrN2O2. The predicted molar refractivity (Wildman–Crippen MR) is 74.5 cm³/mol. The quantitative estimate of drug-likeness (QED) is 0.892. The van der Waals surface area contributed by atoms with Crippen molar-refractivity contribution < 1.29 is 9.90 Å². The average molecular weight is 313 g/mol. The minimum atomic E-state index is 0.0265. The Bertz CT molecular complexity index is 451. The van der Waals surface area contributed by atoms with Crippen molar-refractivity contribution in [3.8, 4) is 0 Å². The molecule has 0 aromatic heterocycles. The van der Waals surface area contributed by atoms with Crippen LogP contribution in [0, 0.1) is 0 Å². The lowest BCUT2D eigenvalue weighted by Gasteiger charge is -2.19. The molecule has 0 radical (unpaired) electrons. The number of rotatable bonds is 3. The van der Waals surface area contributed by atoms with Gasteiger partial charge in [0, 0.05) is 36.2 Å². The molecular weight excluding hydrogens is 296 g/mol. The third kappa shape index (κ3) is 3.03. The minimum absolute atomic E-state index is 0.0265. The van der Waals surface area contributed by atoms with Crippen LogP contribution in [0.25, 0.3) is 0 Å². The monoisotopic (exact) mass is 312 g/mol. The molecule has 1 aliphatic heterocycles. The van der Waals surface area contributed by atoms with Crippen LogP contribution in [0.3, 0.4) is 0 Å². The molecule has 98 valence electrons. The fourth-order valence-electron chi connectivity index (χ4n) is 2.26. The lowest BCUT2D eigenvalue weighted by Crippen LogP contribution is -2.35. The molecule has 1 saturated heterocycles. The highest BCUT2D eigenvalue weighted by atomic mass is 79.9. The lowest BCUT2D eigenvalue weighted by molar-refractivity contribution is -0.119. The third-order valence-electron chi connectivity index (χ3n) is 3.17. The van der Waals surface area contributed by atoms with Crippen molar-refractivity contribution in [1.29, 1.82) is 0 Å². The van der Waals surface area contributed by atoms with Crippen LogP contribution in [-0.2, 0) is 11.4 Å². The molecule has 1 aliphatic rings. The molecule has 1 fully saturated rings. The predicted octanol–water partition coefficient (Wildman–Crippen LogP) is 1.66. The SMILES string of the molecule is CC(=O)NC1CCN(c2ccc(CO)c(Br)c2)C1. The van der Waals surface area contributed by atoms with E-state index in [0.717, 1.165) is 35.2 Å². The zero-order valence-corrected chi connectivity index (χ0v) is 11.9. The number of nitrogens with one attached hydrogen (secondary N) is 1. The van der Waals surface area contributed by atoms with E-state index < -0.39 is 0 Å². The van der Waals surface area contributed by atoms with Gasteiger partial charge in [0.25, 0.3) is 0 Å². The number of amides is 1. The number of aliphatic hydroxyl groups is 1. The lowest BCUT2D eigenvalue weighted by atomic mass is 10.2. The van der Waals surface area contributed by atoms with E-state index in [9.17, 15) is 4.79 Å². The van der Waals surface area contributed by atoms with Gasteiger partial charge in [-0.25, -0.2) is 0 Å². The summed E-state index contributed by atoms with van der Waals surface area (Å²) in [6, 6.07) is 6.18. The van der Waals surface area contributed by atoms with Gasteiger partial charge in [-0.2, -0.15) is 0 Å². The Morgan fingerprint density at radius 3 is 3.00 bits per heavy atom. The average Bonchev–Trinajstić information content (AvgIpc) is 2.76. The molecule has 0 aliphatic carbocycles. The number of hydrogen-bond acceptors (Lipinski definition) is 3. The Morgan fingerprint density at radius 1 is 1.61 bits per heavy atom. The van der Waals surface area contributed by atoms with Gasteiger partial charge in [0.1, 0.15) is 0 Å². The van der Waals surface area contributed by atoms with Crippen LogP contribution in [0.5, 0.6) is 0 Å². The van der Waals surface area contributed by atoms with Gasteiger partial charge in [0.2, 0.25) is 5.91 Å². The normalized spacial score (nSPS) is 19.1. The maximum atomic E-state index is 11.0. The van der Waals surface area contributed by atoms with Gasteiger partial charge < -0.3 is 15.3 Å². The maximum absolute atomic E-state index is 11.0. The number of benzene rings is 1. The van der Waals surface area contributed by atoms with Gasteiger partial charge in [0.15, 0.2) is 0 Å². The Kier molecular flexibility index (Phi) is 4.24. The van der Waals surface area contributed by atoms with Crippen molar-refractivity contribution in [2.45, 2.75) is 26.0 Å². The van der Waals surface area contributed by atoms with E-state index in [1.54, 1.807) is 6.92 Å². The van der Waals surface area contributed by atoms with Crippen LogP contribution >= 0.6 is 15.9 Å². The minimum Gasteiger partial charge on any atom is -0.392 e. The highest BCUT2D eigenvalue weighted by molar-refractivity contribution is 9.10. The second kappa shape index (κ2) is 5.71. The van der Waals surface area contributed by atoms with Crippen LogP contribution in [-0.4, -0.2) is 30.1 Å². The molecule has 5 heteroatoms. The molecule has 1 atom stereocenters. The van der Waals surface area contributed by atoms with Gasteiger partial charge in [-0.15, -0.1) is 0 Å². The summed E-state index contributed by atoms with van der Waals surface area (Å²) >= 11 is 3.45. The number of carbonyl (C=O) groups is 1. The van der Waals surface area contributed by atoms with Crippen LogP contribution in [0.15, 0.2) is 22.7 Å². The highest BCUT2D eigenvalue weighted by Gasteiger charge is 2.23. The largest absolute Gasteiger partial charge is 0.392 e. The fraction of sp³-hybridized carbons (Fsp3) is 0.462. The number of carbonyl (C=O) groups excluding carboxylic acids is 1. The van der Waals surface area contributed by atoms with Crippen molar-refractivity contribution in [3.63, 3.8) is 0 Å². The summed E-state index contributed by atoms with van der Waals surface area (Å²) in [5, 5.41) is 12.1. The third-order valence-corrected chi connectivity index (χ3v) is 3.91. The highest BCUT2D eigenvalue weighted by Crippen LogP contribution is 2.26. The van der Waals surface area contributed by atoms with Crippen LogP contribution in [0.4, 0.5) is 5.69 Å². The fourth-order valence-corrected chi connectivity index (χ4v) is 2.75. The molecule has 2 rings (SSSR count). The van der Waals surface area contributed by atoms with E-state index in [4.69, 9.17) is 5.11 Å². The van der Waals surface area contributed by atoms with Gasteiger partial charge in [-0.3, -0.25) is 4.79 Å². The second-order valence-corrected chi connectivity index (χ2v) is 5.42. The van der Waals surface area contributed by atoms with Gasteiger partial charge in [-0.1, -0.05) is 22.0 Å². The summed E-state index contributed by atoms with van der Waals surface area (Å²) in [6.07, 6.45) is 0.971. The number of hydrogen-bond donors (Lipinski definition) is 2. The van der Waals surface area contributed by atoms with Gasteiger partial charge in [-0.05, 0) is 24.1 Å². The molecule has 1 heterocycles. The van der Waals surface area contributed by atoms with Crippen molar-refractivity contribution in [2.75, 3.05) is 18.0 Å². The summed E-state index contributed by atoms with van der Waals surface area (Å²) in [5.41, 5.74) is 2.00. The molecule has 4 nitrogen and oxygen atoms in total. The molecule has 18 heavy (non-hydrogen) atoms. The first-order valence-electron chi connectivity index (χ1n) is 6.01. The van der Waals surface area contributed by atoms with E-state index in [0.29, 0.717) is 0 Å². The summed E-state index contributed by atoms with van der Waals surface area (Å²) in [6.45, 7) is 3.37. The van der Waals surface area contributed by atoms with E-state index in [2.05, 4.69) is 26.1 Å². The molecule has 1 amide bonds. The summed E-state index contributed by atoms with van der Waals surface area (Å²) in [5.74, 6) is 0.0265. The molecule has 1 aromatic carbocycles. The molecule has 0 bridgehead atoms. The zero-order valence-electron chi connectivity index (χ0n) is 10.3. The number of nitrogens with zero attached hydrogens (tertiary/aromatic N) is 1. The topological polar surface area (TPSA) is 52.6 Å². The Balaban J connectivity index is 2.05. The first-order chi connectivity index (χ1) is 8.60. The van der Waals surface area contributed by atoms with E-state index in [-0.39, 0.29) is 18.6 Å². The zero-order chi connectivity index (χ0) is 13.1. The van der Waals surface area contributed by atoms with Crippen LogP contribution in [0.1, 0.15) is 18.9 Å². The van der Waals surface area contributed by atoms with Crippen molar-refractivity contribution in [1.82, 2.24) is 5.32 Å². The molecule has 0 saturated carbocycles. The smallest absolute Gasteiger partial charge is 0.217 e. The number of anilines is 1. The Morgan fingerprint density at radius 2 is 2.39 bits per heavy atom. The molecule has 2 N–H and O–H groups in total. The summed E-state index contributed by atoms with van der Waals surface area (Å²) in [7, 11) is 0. The van der Waals surface area contributed by atoms with Crippen molar-refractivity contribution >= 4 is 27.5 Å². The molecule has 1 aromatic rings. The second-order valence-electron chi connectivity index (χ2n) is 4.57. The Hall–Kier alpha value is -1.07. The summed E-state index contributed by atoms with van der Waals surface area (Å²) in [4.78, 5) is 13.3. The Labute approximate surface area is 115 Å². The van der Waals surface area contributed by atoms with Crippen LogP contribution in [0.2, 0.25) is 0 Å². The summed E-state index contributed by atoms with van der Waals surface area (Å²) < 4.78 is 0.922. The van der Waals surface area contributed by atoms with E-state index in [1.165, 1.54) is 0 Å². The number of halogens is 1. The first-order valence-corrected chi connectivity index (χ1v) is 6.81. The van der Waals surface area contributed by atoms with E-state index in [1.807, 2.05) is 18.2 Å². The molecule has 0 spiro atoms. The standard InChI is InChI=1S/C13H17BrN2O2/c1-9(18)15-11-4-5-16(7-11)12-3-2-10(8-17)13(14)6-12/h2-3,6,11,17H,4-5,7-8H2,1H3,(H,15,18).